The van der Waals surface area contributed by atoms with Crippen LogP contribution in [0.1, 0.15) is 92.4 Å². The number of nitrogens with zero attached hydrogens (tertiary/aromatic N) is 1. The molecule has 9 unspecified atom stereocenters. The van der Waals surface area contributed by atoms with E-state index < -0.39 is 5.60 Å². The van der Waals surface area contributed by atoms with Crippen molar-refractivity contribution in [1.82, 2.24) is 0 Å². The molecule has 1 aliphatic heterocycles. The highest BCUT2D eigenvalue weighted by Crippen LogP contribution is 2.68. The summed E-state index contributed by atoms with van der Waals surface area (Å²) in [7, 11) is 0. The molecule has 5 rings (SSSR count). The van der Waals surface area contributed by atoms with Gasteiger partial charge in [-0.1, -0.05) is 30.7 Å². The van der Waals surface area contributed by atoms with Crippen LogP contribution in [0.15, 0.2) is 16.8 Å². The molecule has 5 nitrogen and oxygen atoms in total. The molecule has 0 amide bonds. The third-order valence-electron chi connectivity index (χ3n) is 10.6. The molecule has 1 heterocycles. The molecule has 0 aromatic rings. The smallest absolute Gasteiger partial charge is 0.302 e. The van der Waals surface area contributed by atoms with Gasteiger partial charge in [0.05, 0.1) is 5.71 Å². The second-order valence-corrected chi connectivity index (χ2v) is 12.3. The van der Waals surface area contributed by atoms with Crippen molar-refractivity contribution in [2.24, 2.45) is 39.7 Å². The molecule has 0 bridgehead atoms. The fourth-order valence-electron chi connectivity index (χ4n) is 8.96. The minimum Gasteiger partial charge on any atom is -0.462 e. The molecule has 178 valence electrons. The maximum Gasteiger partial charge on any atom is 0.302 e. The molecule has 0 radical (unpaired) electrons. The van der Waals surface area contributed by atoms with Gasteiger partial charge in [-0.05, 0) is 93.3 Å². The van der Waals surface area contributed by atoms with E-state index >= 15 is 0 Å². The van der Waals surface area contributed by atoms with Crippen LogP contribution in [0.4, 0.5) is 0 Å². The van der Waals surface area contributed by atoms with E-state index in [4.69, 9.17) is 9.57 Å². The van der Waals surface area contributed by atoms with E-state index in [0.717, 1.165) is 44.2 Å². The minimum absolute atomic E-state index is 0.0558. The Hall–Kier alpha value is -1.36. The third-order valence-corrected chi connectivity index (χ3v) is 10.6. The number of fused-ring (bicyclic) bond motifs is 5. The van der Waals surface area contributed by atoms with E-state index in [1.807, 2.05) is 13.8 Å². The molecule has 0 spiro atoms. The number of hydrogen-bond acceptors (Lipinski definition) is 5. The summed E-state index contributed by atoms with van der Waals surface area (Å²) < 4.78 is 5.59. The quantitative estimate of drug-likeness (QED) is 0.468. The van der Waals surface area contributed by atoms with Crippen LogP contribution in [-0.4, -0.2) is 34.6 Å². The lowest BCUT2D eigenvalue weighted by Crippen LogP contribution is -2.55. The average Bonchev–Trinajstić information content (AvgIpc) is 3.31. The van der Waals surface area contributed by atoms with Gasteiger partial charge >= 0.3 is 5.97 Å². The lowest BCUT2D eigenvalue weighted by atomic mass is 9.46. The summed E-state index contributed by atoms with van der Waals surface area (Å²) in [6, 6.07) is 0. The van der Waals surface area contributed by atoms with Crippen LogP contribution in [0.2, 0.25) is 0 Å². The Morgan fingerprint density at radius 1 is 1.19 bits per heavy atom. The van der Waals surface area contributed by atoms with Gasteiger partial charge in [0.2, 0.25) is 0 Å². The molecule has 32 heavy (non-hydrogen) atoms. The number of hydrogen-bond donors (Lipinski definition) is 1. The van der Waals surface area contributed by atoms with Crippen molar-refractivity contribution in [3.63, 3.8) is 0 Å². The normalized spacial score (nSPS) is 47.2. The number of esters is 1. The van der Waals surface area contributed by atoms with Crippen LogP contribution in [0.5, 0.6) is 0 Å². The van der Waals surface area contributed by atoms with E-state index in [1.54, 1.807) is 0 Å². The van der Waals surface area contributed by atoms with Crippen molar-refractivity contribution in [2.45, 2.75) is 110 Å². The Labute approximate surface area is 193 Å². The van der Waals surface area contributed by atoms with Crippen molar-refractivity contribution in [2.75, 3.05) is 0 Å². The van der Waals surface area contributed by atoms with Crippen LogP contribution in [0.3, 0.4) is 0 Å². The Balaban J connectivity index is 1.37. The fourth-order valence-corrected chi connectivity index (χ4v) is 8.96. The summed E-state index contributed by atoms with van der Waals surface area (Å²) in [4.78, 5) is 17.2. The van der Waals surface area contributed by atoms with E-state index in [9.17, 15) is 9.90 Å². The first-order valence-electron chi connectivity index (χ1n) is 12.8. The first-order chi connectivity index (χ1) is 15.1. The van der Waals surface area contributed by atoms with Gasteiger partial charge in [-0.15, -0.1) is 0 Å². The van der Waals surface area contributed by atoms with Gasteiger partial charge in [0, 0.05) is 19.8 Å². The van der Waals surface area contributed by atoms with E-state index in [-0.39, 0.29) is 34.9 Å². The molecule has 0 aromatic heterocycles. The Bertz CT molecular complexity index is 847. The fraction of sp³-hybridized carbons (Fsp3) is 0.852. The molecule has 5 aliphatic rings. The zero-order chi connectivity index (χ0) is 22.9. The number of oxime groups is 1. The lowest BCUT2D eigenvalue weighted by molar-refractivity contribution is -0.159. The van der Waals surface area contributed by atoms with Crippen molar-refractivity contribution < 1.29 is 19.5 Å². The van der Waals surface area contributed by atoms with Crippen molar-refractivity contribution in [1.29, 1.82) is 0 Å². The molecule has 3 saturated carbocycles. The molecule has 4 aliphatic carbocycles. The zero-order valence-corrected chi connectivity index (χ0v) is 20.5. The summed E-state index contributed by atoms with van der Waals surface area (Å²) in [5.74, 6) is 2.15. The van der Waals surface area contributed by atoms with Gasteiger partial charge in [0.1, 0.15) is 11.7 Å². The highest BCUT2D eigenvalue weighted by molar-refractivity contribution is 5.83. The third kappa shape index (κ3) is 3.28. The maximum atomic E-state index is 11.7. The first kappa shape index (κ1) is 22.4. The molecule has 9 atom stereocenters. The van der Waals surface area contributed by atoms with E-state index in [0.29, 0.717) is 17.8 Å². The number of carbonyl (C=O) groups excluding carboxylic acids is 1. The summed E-state index contributed by atoms with van der Waals surface area (Å²) in [6.07, 6.45) is 11.9. The SMILES string of the molecule is CC(=O)OC1CCC2(C)C(=CCC3C2CCC2(C)C3CCC2C(C)(O)C2CC(C)=NO2)C1. The Kier molecular flexibility index (Phi) is 5.31. The molecular formula is C27H41NO4. The van der Waals surface area contributed by atoms with Crippen molar-refractivity contribution >= 4 is 11.7 Å². The summed E-state index contributed by atoms with van der Waals surface area (Å²) in [6.45, 7) is 10.5. The second-order valence-electron chi connectivity index (χ2n) is 12.3. The van der Waals surface area contributed by atoms with Crippen LogP contribution in [0, 0.1) is 34.5 Å². The minimum atomic E-state index is -0.848. The number of allylic oxidation sites excluding steroid dienone is 1. The van der Waals surface area contributed by atoms with Crippen LogP contribution in [0.25, 0.3) is 0 Å². The van der Waals surface area contributed by atoms with Gasteiger partial charge < -0.3 is 14.7 Å². The zero-order valence-electron chi connectivity index (χ0n) is 20.5. The number of rotatable bonds is 3. The predicted molar refractivity (Wildman–Crippen MR) is 124 cm³/mol. The number of ether oxygens (including phenoxy) is 1. The average molecular weight is 444 g/mol. The van der Waals surface area contributed by atoms with E-state index in [2.05, 4.69) is 25.1 Å². The molecule has 3 fully saturated rings. The van der Waals surface area contributed by atoms with E-state index in [1.165, 1.54) is 31.8 Å². The Morgan fingerprint density at radius 2 is 1.97 bits per heavy atom. The molecule has 1 N–H and O–H groups in total. The molecule has 0 aromatic carbocycles. The molecular weight excluding hydrogens is 402 g/mol. The van der Waals surface area contributed by atoms with Gasteiger partial charge in [-0.3, -0.25) is 4.79 Å². The maximum absolute atomic E-state index is 11.7. The first-order valence-corrected chi connectivity index (χ1v) is 12.8. The number of aliphatic hydroxyl groups is 1. The highest BCUT2D eigenvalue weighted by atomic mass is 16.7. The van der Waals surface area contributed by atoms with Crippen molar-refractivity contribution in [3.05, 3.63) is 11.6 Å². The standard InChI is InChI=1S/C27H41NO4/c1-16-14-24(32-28-16)27(5,30)23-9-8-21-20-7-6-18-15-19(31-17(2)29)10-12-25(18,3)22(20)11-13-26(21,23)4/h6,19-24,30H,7-15H2,1-5H3. The van der Waals surface area contributed by atoms with Crippen molar-refractivity contribution in [3.8, 4) is 0 Å². The van der Waals surface area contributed by atoms with Crippen LogP contribution < -0.4 is 0 Å². The van der Waals surface area contributed by atoms with Gasteiger partial charge in [-0.2, -0.15) is 0 Å². The Morgan fingerprint density at radius 3 is 2.66 bits per heavy atom. The van der Waals surface area contributed by atoms with Gasteiger partial charge in [0.15, 0.2) is 6.10 Å². The number of carbonyl (C=O) groups is 1. The second kappa shape index (κ2) is 7.58. The summed E-state index contributed by atoms with van der Waals surface area (Å²) in [5, 5.41) is 15.9. The van der Waals surface area contributed by atoms with Gasteiger partial charge in [0.25, 0.3) is 0 Å². The van der Waals surface area contributed by atoms with Crippen LogP contribution >= 0.6 is 0 Å². The molecule has 0 saturated heterocycles. The predicted octanol–water partition coefficient (Wildman–Crippen LogP) is 5.41. The lowest BCUT2D eigenvalue weighted by Gasteiger charge is -2.59. The highest BCUT2D eigenvalue weighted by Gasteiger charge is 2.63. The summed E-state index contributed by atoms with van der Waals surface area (Å²) in [5.41, 5.74) is 2.07. The topological polar surface area (TPSA) is 68.1 Å². The largest absolute Gasteiger partial charge is 0.462 e. The molecule has 5 heteroatoms. The monoisotopic (exact) mass is 443 g/mol. The van der Waals surface area contributed by atoms with Crippen LogP contribution in [-0.2, 0) is 14.4 Å². The summed E-state index contributed by atoms with van der Waals surface area (Å²) >= 11 is 0. The van der Waals surface area contributed by atoms with Gasteiger partial charge in [-0.25, -0.2) is 0 Å².